The Balaban J connectivity index is 1.50. The maximum atomic E-state index is 12.4. The van der Waals surface area contributed by atoms with Crippen molar-refractivity contribution in [3.05, 3.63) is 72.7 Å². The van der Waals surface area contributed by atoms with Crippen LogP contribution < -0.4 is 5.32 Å². The summed E-state index contributed by atoms with van der Waals surface area (Å²) >= 11 is 1.24. The molecular formula is C21H18N4O3S. The number of furan rings is 2. The first-order chi connectivity index (χ1) is 14.2. The van der Waals surface area contributed by atoms with Crippen LogP contribution in [0, 0.1) is 0 Å². The SMILES string of the molecule is CC(Sc1nnc(-c2ccco2)c(-c2ccco2)n1)C(=O)NCc1ccccc1. The van der Waals surface area contributed by atoms with E-state index in [4.69, 9.17) is 8.83 Å². The van der Waals surface area contributed by atoms with Gasteiger partial charge in [0.15, 0.2) is 17.2 Å². The van der Waals surface area contributed by atoms with Gasteiger partial charge < -0.3 is 14.2 Å². The van der Waals surface area contributed by atoms with E-state index >= 15 is 0 Å². The molecule has 146 valence electrons. The summed E-state index contributed by atoms with van der Waals surface area (Å²) in [6.45, 7) is 2.28. The molecule has 0 radical (unpaired) electrons. The first-order valence-corrected chi connectivity index (χ1v) is 9.89. The zero-order valence-corrected chi connectivity index (χ0v) is 16.4. The molecule has 8 heteroatoms. The first-order valence-electron chi connectivity index (χ1n) is 9.01. The summed E-state index contributed by atoms with van der Waals surface area (Å²) in [5, 5.41) is 11.3. The molecular weight excluding hydrogens is 388 g/mol. The average molecular weight is 406 g/mol. The summed E-state index contributed by atoms with van der Waals surface area (Å²) in [6.07, 6.45) is 3.13. The molecule has 1 atom stereocenters. The largest absolute Gasteiger partial charge is 0.463 e. The number of nitrogens with zero attached hydrogens (tertiary/aromatic N) is 3. The van der Waals surface area contributed by atoms with Gasteiger partial charge in [0.25, 0.3) is 0 Å². The van der Waals surface area contributed by atoms with Crippen LogP contribution in [-0.2, 0) is 11.3 Å². The van der Waals surface area contributed by atoms with Crippen LogP contribution >= 0.6 is 11.8 Å². The Labute approximate surface area is 171 Å². The highest BCUT2D eigenvalue weighted by molar-refractivity contribution is 8.00. The molecule has 0 aliphatic rings. The number of benzene rings is 1. The van der Waals surface area contributed by atoms with Gasteiger partial charge in [-0.05, 0) is 36.8 Å². The van der Waals surface area contributed by atoms with E-state index in [1.165, 1.54) is 11.8 Å². The molecule has 1 N–H and O–H groups in total. The van der Waals surface area contributed by atoms with Crippen molar-refractivity contribution in [1.82, 2.24) is 20.5 Å². The molecule has 4 aromatic rings. The third-order valence-corrected chi connectivity index (χ3v) is 5.09. The van der Waals surface area contributed by atoms with E-state index in [0.717, 1.165) is 5.56 Å². The Morgan fingerprint density at radius 2 is 1.66 bits per heavy atom. The number of hydrogen-bond donors (Lipinski definition) is 1. The standard InChI is InChI=1S/C21H18N4O3S/c1-14(20(26)22-13-15-7-3-2-4-8-15)29-21-23-18(16-9-5-11-27-16)19(24-25-21)17-10-6-12-28-17/h2-12,14H,13H2,1H3,(H,22,26). The van der Waals surface area contributed by atoms with Crippen molar-refractivity contribution < 1.29 is 13.6 Å². The van der Waals surface area contributed by atoms with E-state index in [9.17, 15) is 4.79 Å². The minimum absolute atomic E-state index is 0.0999. The summed E-state index contributed by atoms with van der Waals surface area (Å²) in [6, 6.07) is 16.9. The third kappa shape index (κ3) is 4.55. The van der Waals surface area contributed by atoms with Gasteiger partial charge in [-0.2, -0.15) is 0 Å². The lowest BCUT2D eigenvalue weighted by Crippen LogP contribution is -2.30. The second-order valence-corrected chi connectivity index (χ2v) is 7.52. The minimum atomic E-state index is -0.389. The number of nitrogens with one attached hydrogen (secondary N) is 1. The van der Waals surface area contributed by atoms with Gasteiger partial charge in [-0.3, -0.25) is 4.79 Å². The fraction of sp³-hybridized carbons (Fsp3) is 0.143. The Morgan fingerprint density at radius 3 is 2.31 bits per heavy atom. The molecule has 4 rings (SSSR count). The predicted molar refractivity (Wildman–Crippen MR) is 109 cm³/mol. The van der Waals surface area contributed by atoms with Gasteiger partial charge in [-0.1, -0.05) is 42.1 Å². The summed E-state index contributed by atoms with van der Waals surface area (Å²) in [5.74, 6) is 0.994. The molecule has 0 aliphatic heterocycles. The second-order valence-electron chi connectivity index (χ2n) is 6.21. The Bertz CT molecular complexity index is 1070. The third-order valence-electron chi connectivity index (χ3n) is 4.14. The molecule has 1 amide bonds. The van der Waals surface area contributed by atoms with Crippen molar-refractivity contribution in [2.24, 2.45) is 0 Å². The summed E-state index contributed by atoms with van der Waals surface area (Å²) in [5.41, 5.74) is 2.04. The smallest absolute Gasteiger partial charge is 0.233 e. The summed E-state index contributed by atoms with van der Waals surface area (Å²) in [7, 11) is 0. The van der Waals surface area contributed by atoms with Gasteiger partial charge in [0.1, 0.15) is 5.69 Å². The number of thioether (sulfide) groups is 1. The normalized spacial score (nSPS) is 11.9. The molecule has 1 aromatic carbocycles. The number of rotatable bonds is 7. The zero-order valence-electron chi connectivity index (χ0n) is 15.6. The molecule has 29 heavy (non-hydrogen) atoms. The molecule has 0 spiro atoms. The lowest BCUT2D eigenvalue weighted by molar-refractivity contribution is -0.120. The fourth-order valence-corrected chi connectivity index (χ4v) is 3.40. The van der Waals surface area contributed by atoms with Crippen molar-refractivity contribution in [3.63, 3.8) is 0 Å². The monoisotopic (exact) mass is 406 g/mol. The van der Waals surface area contributed by atoms with Crippen molar-refractivity contribution in [3.8, 4) is 22.9 Å². The van der Waals surface area contributed by atoms with Crippen LogP contribution in [0.2, 0.25) is 0 Å². The zero-order chi connectivity index (χ0) is 20.1. The maximum Gasteiger partial charge on any atom is 0.233 e. The van der Waals surface area contributed by atoms with Crippen LogP contribution in [0.4, 0.5) is 0 Å². The van der Waals surface area contributed by atoms with Crippen LogP contribution in [0.1, 0.15) is 12.5 Å². The lowest BCUT2D eigenvalue weighted by Gasteiger charge is -2.12. The quantitative estimate of drug-likeness (QED) is 0.460. The minimum Gasteiger partial charge on any atom is -0.463 e. The van der Waals surface area contributed by atoms with Crippen molar-refractivity contribution in [2.45, 2.75) is 23.9 Å². The van der Waals surface area contributed by atoms with E-state index in [0.29, 0.717) is 34.6 Å². The van der Waals surface area contributed by atoms with E-state index in [2.05, 4.69) is 20.5 Å². The van der Waals surface area contributed by atoms with Crippen molar-refractivity contribution in [1.29, 1.82) is 0 Å². The highest BCUT2D eigenvalue weighted by Crippen LogP contribution is 2.31. The van der Waals surface area contributed by atoms with Crippen LogP contribution in [0.5, 0.6) is 0 Å². The van der Waals surface area contributed by atoms with E-state index < -0.39 is 0 Å². The lowest BCUT2D eigenvalue weighted by atomic mass is 10.2. The number of amides is 1. The molecule has 0 fully saturated rings. The van der Waals surface area contributed by atoms with Crippen molar-refractivity contribution in [2.75, 3.05) is 0 Å². The van der Waals surface area contributed by atoms with Gasteiger partial charge in [0.05, 0.1) is 17.8 Å². The van der Waals surface area contributed by atoms with E-state index in [-0.39, 0.29) is 11.2 Å². The highest BCUT2D eigenvalue weighted by atomic mass is 32.2. The molecule has 0 saturated heterocycles. The Kier molecular flexibility index (Phi) is 5.71. The number of hydrogen-bond acceptors (Lipinski definition) is 7. The van der Waals surface area contributed by atoms with E-state index in [1.807, 2.05) is 30.3 Å². The summed E-state index contributed by atoms with van der Waals surface area (Å²) < 4.78 is 10.9. The second kappa shape index (κ2) is 8.74. The van der Waals surface area contributed by atoms with Gasteiger partial charge in [0, 0.05) is 6.54 Å². The number of carbonyl (C=O) groups excluding carboxylic acids is 1. The van der Waals surface area contributed by atoms with Gasteiger partial charge in [-0.15, -0.1) is 10.2 Å². The average Bonchev–Trinajstić information content (AvgIpc) is 3.47. The van der Waals surface area contributed by atoms with Gasteiger partial charge in [-0.25, -0.2) is 4.98 Å². The van der Waals surface area contributed by atoms with Gasteiger partial charge >= 0.3 is 0 Å². The van der Waals surface area contributed by atoms with E-state index in [1.54, 1.807) is 43.7 Å². The Hall–Kier alpha value is -3.39. The van der Waals surface area contributed by atoms with Gasteiger partial charge in [0.2, 0.25) is 11.1 Å². The summed E-state index contributed by atoms with van der Waals surface area (Å²) in [4.78, 5) is 17.0. The maximum absolute atomic E-state index is 12.4. The fourth-order valence-electron chi connectivity index (χ4n) is 2.67. The number of aromatic nitrogens is 3. The highest BCUT2D eigenvalue weighted by Gasteiger charge is 2.21. The molecule has 0 aliphatic carbocycles. The Morgan fingerprint density at radius 1 is 0.966 bits per heavy atom. The van der Waals surface area contributed by atoms with Crippen LogP contribution in [0.15, 0.2) is 81.1 Å². The molecule has 0 saturated carbocycles. The first kappa shape index (κ1) is 18.9. The van der Waals surface area contributed by atoms with Crippen LogP contribution in [0.25, 0.3) is 22.9 Å². The molecule has 3 heterocycles. The van der Waals surface area contributed by atoms with Crippen LogP contribution in [-0.4, -0.2) is 26.3 Å². The molecule has 7 nitrogen and oxygen atoms in total. The molecule has 1 unspecified atom stereocenters. The topological polar surface area (TPSA) is 94.1 Å². The number of carbonyl (C=O) groups is 1. The molecule has 3 aromatic heterocycles. The van der Waals surface area contributed by atoms with Crippen molar-refractivity contribution >= 4 is 17.7 Å². The predicted octanol–water partition coefficient (Wildman–Crippen LogP) is 4.19. The molecule has 0 bridgehead atoms. The van der Waals surface area contributed by atoms with Crippen LogP contribution in [0.3, 0.4) is 0 Å².